The zero-order chi connectivity index (χ0) is 14.0. The van der Waals surface area contributed by atoms with Crippen LogP contribution in [0.4, 0.5) is 5.69 Å². The number of hydrogen-bond acceptors (Lipinski definition) is 3. The first-order chi connectivity index (χ1) is 8.90. The van der Waals surface area contributed by atoms with E-state index in [0.717, 1.165) is 36.3 Å². The molecule has 19 heavy (non-hydrogen) atoms. The summed E-state index contributed by atoms with van der Waals surface area (Å²) in [6, 6.07) is 8.13. The first-order valence-corrected chi connectivity index (χ1v) is 7.40. The second kappa shape index (κ2) is 5.52. The van der Waals surface area contributed by atoms with Gasteiger partial charge >= 0.3 is 0 Å². The van der Waals surface area contributed by atoms with Crippen LogP contribution in [-0.4, -0.2) is 36.6 Å². The number of anilines is 1. The zero-order valence-electron chi connectivity index (χ0n) is 11.8. The van der Waals surface area contributed by atoms with Crippen molar-refractivity contribution in [3.05, 3.63) is 28.2 Å². The monoisotopic (exact) mass is 321 g/mol. The standard InChI is InChI=1S/C15H20BrN3/c1-15(2,3)19-6-4-18(5-7-19)14-9-12(11-17)8-13(16)10-14/h8-10H,4-7H2,1-3H3. The van der Waals surface area contributed by atoms with Crippen molar-refractivity contribution in [3.63, 3.8) is 0 Å². The van der Waals surface area contributed by atoms with E-state index in [-0.39, 0.29) is 5.54 Å². The Kier molecular flexibility index (Phi) is 4.17. The van der Waals surface area contributed by atoms with Crippen molar-refractivity contribution in [2.45, 2.75) is 26.3 Å². The van der Waals surface area contributed by atoms with Crippen LogP contribution in [0.2, 0.25) is 0 Å². The molecule has 0 unspecified atom stereocenters. The summed E-state index contributed by atoms with van der Waals surface area (Å²) in [6.07, 6.45) is 0. The van der Waals surface area contributed by atoms with Gasteiger partial charge in [0.2, 0.25) is 0 Å². The molecule has 0 aliphatic carbocycles. The topological polar surface area (TPSA) is 30.3 Å². The summed E-state index contributed by atoms with van der Waals surface area (Å²) in [5.74, 6) is 0. The molecule has 1 aliphatic rings. The van der Waals surface area contributed by atoms with Crippen molar-refractivity contribution in [1.29, 1.82) is 5.26 Å². The third-order valence-electron chi connectivity index (χ3n) is 3.61. The molecule has 0 aromatic heterocycles. The van der Waals surface area contributed by atoms with Gasteiger partial charge in [-0.1, -0.05) is 15.9 Å². The lowest BCUT2D eigenvalue weighted by Crippen LogP contribution is -2.53. The minimum Gasteiger partial charge on any atom is -0.369 e. The van der Waals surface area contributed by atoms with E-state index < -0.39 is 0 Å². The van der Waals surface area contributed by atoms with Gasteiger partial charge in [0.15, 0.2) is 0 Å². The van der Waals surface area contributed by atoms with Gasteiger partial charge in [-0.2, -0.15) is 5.26 Å². The van der Waals surface area contributed by atoms with E-state index in [4.69, 9.17) is 5.26 Å². The SMILES string of the molecule is CC(C)(C)N1CCN(c2cc(Br)cc(C#N)c2)CC1. The predicted molar refractivity (Wildman–Crippen MR) is 82.4 cm³/mol. The van der Waals surface area contributed by atoms with Crippen molar-refractivity contribution in [3.8, 4) is 6.07 Å². The van der Waals surface area contributed by atoms with E-state index in [9.17, 15) is 0 Å². The number of nitrogens with zero attached hydrogens (tertiary/aromatic N) is 3. The van der Waals surface area contributed by atoms with Gasteiger partial charge in [0.05, 0.1) is 11.6 Å². The summed E-state index contributed by atoms with van der Waals surface area (Å²) in [5.41, 5.74) is 2.09. The predicted octanol–water partition coefficient (Wildman–Crippen LogP) is 3.24. The van der Waals surface area contributed by atoms with Gasteiger partial charge in [0.1, 0.15) is 0 Å². The molecule has 1 heterocycles. The number of halogens is 1. The molecule has 0 radical (unpaired) electrons. The maximum Gasteiger partial charge on any atom is 0.0992 e. The van der Waals surface area contributed by atoms with Gasteiger partial charge in [0, 0.05) is 41.9 Å². The van der Waals surface area contributed by atoms with Crippen molar-refractivity contribution < 1.29 is 0 Å². The van der Waals surface area contributed by atoms with Gasteiger partial charge in [-0.15, -0.1) is 0 Å². The molecule has 1 fully saturated rings. The molecule has 1 aromatic carbocycles. The average molecular weight is 322 g/mol. The Hall–Kier alpha value is -1.05. The highest BCUT2D eigenvalue weighted by Crippen LogP contribution is 2.25. The Morgan fingerprint density at radius 1 is 1.11 bits per heavy atom. The fourth-order valence-corrected chi connectivity index (χ4v) is 2.94. The number of benzene rings is 1. The third kappa shape index (κ3) is 3.49. The van der Waals surface area contributed by atoms with Gasteiger partial charge in [0.25, 0.3) is 0 Å². The Balaban J connectivity index is 2.10. The molecule has 102 valence electrons. The smallest absolute Gasteiger partial charge is 0.0992 e. The number of rotatable bonds is 1. The van der Waals surface area contributed by atoms with Crippen LogP contribution >= 0.6 is 15.9 Å². The third-order valence-corrected chi connectivity index (χ3v) is 4.06. The van der Waals surface area contributed by atoms with Crippen LogP contribution in [0.15, 0.2) is 22.7 Å². The molecule has 0 saturated carbocycles. The molecule has 0 bridgehead atoms. The lowest BCUT2D eigenvalue weighted by Gasteiger charge is -2.43. The molecule has 1 saturated heterocycles. The molecular formula is C15H20BrN3. The zero-order valence-corrected chi connectivity index (χ0v) is 13.4. The quantitative estimate of drug-likeness (QED) is 0.795. The largest absolute Gasteiger partial charge is 0.369 e. The summed E-state index contributed by atoms with van der Waals surface area (Å²) in [4.78, 5) is 4.86. The number of piperazine rings is 1. The highest BCUT2D eigenvalue weighted by molar-refractivity contribution is 9.10. The van der Waals surface area contributed by atoms with Gasteiger partial charge < -0.3 is 4.90 Å². The molecule has 1 aromatic rings. The molecule has 0 N–H and O–H groups in total. The summed E-state index contributed by atoms with van der Waals surface area (Å²) >= 11 is 3.48. The molecule has 2 rings (SSSR count). The summed E-state index contributed by atoms with van der Waals surface area (Å²) in [7, 11) is 0. The van der Waals surface area contributed by atoms with E-state index in [0.29, 0.717) is 5.56 Å². The minimum atomic E-state index is 0.237. The Bertz CT molecular complexity index is 491. The highest BCUT2D eigenvalue weighted by Gasteiger charge is 2.25. The van der Waals surface area contributed by atoms with Crippen LogP contribution < -0.4 is 4.90 Å². The molecule has 4 heteroatoms. The molecule has 1 aliphatic heterocycles. The first kappa shape index (κ1) is 14.4. The van der Waals surface area contributed by atoms with Crippen molar-refractivity contribution >= 4 is 21.6 Å². The lowest BCUT2D eigenvalue weighted by molar-refractivity contribution is 0.128. The van der Waals surface area contributed by atoms with Gasteiger partial charge in [-0.25, -0.2) is 0 Å². The normalized spacial score (nSPS) is 17.3. The Morgan fingerprint density at radius 3 is 2.26 bits per heavy atom. The van der Waals surface area contributed by atoms with Crippen molar-refractivity contribution in [1.82, 2.24) is 4.90 Å². The van der Waals surface area contributed by atoms with E-state index in [1.54, 1.807) is 0 Å². The highest BCUT2D eigenvalue weighted by atomic mass is 79.9. The van der Waals surface area contributed by atoms with E-state index in [1.165, 1.54) is 0 Å². The van der Waals surface area contributed by atoms with Crippen molar-refractivity contribution in [2.24, 2.45) is 0 Å². The van der Waals surface area contributed by atoms with Crippen LogP contribution in [0, 0.1) is 11.3 Å². The van der Waals surface area contributed by atoms with Crippen LogP contribution in [-0.2, 0) is 0 Å². The first-order valence-electron chi connectivity index (χ1n) is 6.61. The molecule has 0 spiro atoms. The Labute approximate surface area is 123 Å². The van der Waals surface area contributed by atoms with Gasteiger partial charge in [-0.3, -0.25) is 4.90 Å². The second-order valence-electron chi connectivity index (χ2n) is 5.95. The Morgan fingerprint density at radius 2 is 1.74 bits per heavy atom. The van der Waals surface area contributed by atoms with Gasteiger partial charge in [-0.05, 0) is 39.0 Å². The summed E-state index contributed by atoms with van der Waals surface area (Å²) < 4.78 is 0.972. The fraction of sp³-hybridized carbons (Fsp3) is 0.533. The summed E-state index contributed by atoms with van der Waals surface area (Å²) in [5, 5.41) is 9.04. The maximum atomic E-state index is 9.04. The lowest BCUT2D eigenvalue weighted by atomic mass is 10.0. The fourth-order valence-electron chi connectivity index (χ4n) is 2.46. The molecule has 0 amide bonds. The number of nitriles is 1. The number of hydrogen-bond donors (Lipinski definition) is 0. The molecule has 0 atom stereocenters. The van der Waals surface area contributed by atoms with Crippen molar-refractivity contribution in [2.75, 3.05) is 31.1 Å². The van der Waals surface area contributed by atoms with E-state index in [1.807, 2.05) is 12.1 Å². The minimum absolute atomic E-state index is 0.237. The maximum absolute atomic E-state index is 9.04. The van der Waals surface area contributed by atoms with E-state index in [2.05, 4.69) is 58.6 Å². The molecule has 3 nitrogen and oxygen atoms in total. The van der Waals surface area contributed by atoms with Crippen LogP contribution in [0.3, 0.4) is 0 Å². The van der Waals surface area contributed by atoms with Crippen LogP contribution in [0.5, 0.6) is 0 Å². The molecular weight excluding hydrogens is 302 g/mol. The van der Waals surface area contributed by atoms with E-state index >= 15 is 0 Å². The summed E-state index contributed by atoms with van der Waals surface area (Å²) in [6.45, 7) is 10.9. The second-order valence-corrected chi connectivity index (χ2v) is 6.87. The average Bonchev–Trinajstić information content (AvgIpc) is 2.37. The van der Waals surface area contributed by atoms with Crippen LogP contribution in [0.1, 0.15) is 26.3 Å². The van der Waals surface area contributed by atoms with Crippen LogP contribution in [0.25, 0.3) is 0 Å².